The molecule has 0 saturated carbocycles. The van der Waals surface area contributed by atoms with E-state index in [1.54, 1.807) is 19.9 Å². The normalized spacial score (nSPS) is 11.3. The zero-order chi connectivity index (χ0) is 12.3. The lowest BCUT2D eigenvalue weighted by atomic mass is 9.92. The van der Waals surface area contributed by atoms with Crippen LogP contribution in [0.1, 0.15) is 19.4 Å². The molecule has 0 aliphatic heterocycles. The fourth-order valence-electron chi connectivity index (χ4n) is 1.17. The second kappa shape index (κ2) is 4.85. The van der Waals surface area contributed by atoms with Gasteiger partial charge in [-0.05, 0) is 32.4 Å². The van der Waals surface area contributed by atoms with E-state index >= 15 is 0 Å². The molecule has 1 aromatic rings. The smallest absolute Gasteiger partial charge is 0.231 e. The van der Waals surface area contributed by atoms with E-state index in [-0.39, 0.29) is 5.91 Å². The van der Waals surface area contributed by atoms with Gasteiger partial charge >= 0.3 is 0 Å². The third-order valence-corrected chi connectivity index (χ3v) is 2.90. The summed E-state index contributed by atoms with van der Waals surface area (Å²) in [6.45, 7) is 5.79. The van der Waals surface area contributed by atoms with Gasteiger partial charge < -0.3 is 11.1 Å². The average molecular weight is 241 g/mol. The van der Waals surface area contributed by atoms with Crippen LogP contribution in [0.3, 0.4) is 0 Å². The molecule has 0 spiro atoms. The molecule has 4 heteroatoms. The van der Waals surface area contributed by atoms with Crippen LogP contribution in [0.25, 0.3) is 0 Å². The van der Waals surface area contributed by atoms with Crippen molar-refractivity contribution in [3.8, 4) is 0 Å². The lowest BCUT2D eigenvalue weighted by molar-refractivity contribution is -0.123. The van der Waals surface area contributed by atoms with Gasteiger partial charge in [-0.1, -0.05) is 23.7 Å². The van der Waals surface area contributed by atoms with E-state index in [0.29, 0.717) is 17.3 Å². The third-order valence-electron chi connectivity index (χ3n) is 2.59. The van der Waals surface area contributed by atoms with Gasteiger partial charge in [0, 0.05) is 6.54 Å². The fraction of sp³-hybridized carbons (Fsp3) is 0.417. The Morgan fingerprint density at radius 2 is 2.12 bits per heavy atom. The molecular weight excluding hydrogens is 224 g/mol. The molecule has 0 aliphatic rings. The monoisotopic (exact) mass is 240 g/mol. The lowest BCUT2D eigenvalue weighted by Crippen LogP contribution is -2.37. The molecule has 0 heterocycles. The van der Waals surface area contributed by atoms with Crippen molar-refractivity contribution >= 4 is 23.2 Å². The van der Waals surface area contributed by atoms with Crippen LogP contribution in [-0.2, 0) is 4.79 Å². The van der Waals surface area contributed by atoms with Crippen LogP contribution < -0.4 is 11.1 Å². The zero-order valence-electron chi connectivity index (χ0n) is 9.80. The summed E-state index contributed by atoms with van der Waals surface area (Å²) in [5.74, 6) is -0.119. The average Bonchev–Trinajstić information content (AvgIpc) is 2.23. The largest absolute Gasteiger partial charge is 0.329 e. The summed E-state index contributed by atoms with van der Waals surface area (Å²) in [6.07, 6.45) is 0. The maximum absolute atomic E-state index is 11.9. The van der Waals surface area contributed by atoms with E-state index in [2.05, 4.69) is 5.32 Å². The van der Waals surface area contributed by atoms with Crippen molar-refractivity contribution in [2.24, 2.45) is 11.1 Å². The Morgan fingerprint density at radius 1 is 1.50 bits per heavy atom. The fourth-order valence-corrected chi connectivity index (χ4v) is 1.43. The number of aryl methyl sites for hydroxylation is 1. The summed E-state index contributed by atoms with van der Waals surface area (Å²) in [6, 6.07) is 5.50. The summed E-state index contributed by atoms with van der Waals surface area (Å²) in [7, 11) is 0. The Balaban J connectivity index is 2.94. The maximum Gasteiger partial charge on any atom is 0.231 e. The molecule has 0 unspecified atom stereocenters. The summed E-state index contributed by atoms with van der Waals surface area (Å²) in [5.41, 5.74) is 6.55. The van der Waals surface area contributed by atoms with Crippen molar-refractivity contribution in [3.63, 3.8) is 0 Å². The highest BCUT2D eigenvalue weighted by Gasteiger charge is 2.26. The molecule has 0 fully saturated rings. The van der Waals surface area contributed by atoms with Gasteiger partial charge in [0.2, 0.25) is 5.91 Å². The van der Waals surface area contributed by atoms with E-state index in [1.165, 1.54) is 0 Å². The van der Waals surface area contributed by atoms with Crippen LogP contribution >= 0.6 is 11.6 Å². The molecule has 16 heavy (non-hydrogen) atoms. The van der Waals surface area contributed by atoms with Crippen molar-refractivity contribution in [2.45, 2.75) is 20.8 Å². The number of nitrogens with two attached hydrogens (primary N) is 1. The minimum absolute atomic E-state index is 0.119. The van der Waals surface area contributed by atoms with Crippen LogP contribution in [0.2, 0.25) is 5.02 Å². The van der Waals surface area contributed by atoms with Gasteiger partial charge in [-0.25, -0.2) is 0 Å². The van der Waals surface area contributed by atoms with E-state index in [0.717, 1.165) is 5.56 Å². The number of halogens is 1. The first-order chi connectivity index (χ1) is 7.38. The Bertz CT molecular complexity index is 382. The predicted octanol–water partition coefficient (Wildman–Crippen LogP) is 2.57. The van der Waals surface area contributed by atoms with Gasteiger partial charge in [-0.2, -0.15) is 0 Å². The number of hydrogen-bond donors (Lipinski definition) is 2. The molecule has 3 nitrogen and oxygen atoms in total. The Labute approximate surface area is 101 Å². The van der Waals surface area contributed by atoms with Gasteiger partial charge in [-0.3, -0.25) is 4.79 Å². The van der Waals surface area contributed by atoms with Gasteiger partial charge in [0.05, 0.1) is 16.1 Å². The maximum atomic E-state index is 11.9. The Morgan fingerprint density at radius 3 is 2.62 bits per heavy atom. The molecule has 3 N–H and O–H groups in total. The highest BCUT2D eigenvalue weighted by Crippen LogP contribution is 2.27. The first-order valence-corrected chi connectivity index (χ1v) is 5.53. The Kier molecular flexibility index (Phi) is 3.94. The van der Waals surface area contributed by atoms with Crippen LogP contribution in [0, 0.1) is 12.3 Å². The van der Waals surface area contributed by atoms with Crippen molar-refractivity contribution in [3.05, 3.63) is 28.8 Å². The SMILES string of the molecule is Cc1cccc(Cl)c1NC(=O)C(C)(C)CN. The van der Waals surface area contributed by atoms with Gasteiger partial charge in [0.15, 0.2) is 0 Å². The Hall–Kier alpha value is -1.06. The van der Waals surface area contributed by atoms with Crippen LogP contribution in [0.5, 0.6) is 0 Å². The number of anilines is 1. The van der Waals surface area contributed by atoms with E-state index in [1.807, 2.05) is 19.1 Å². The van der Waals surface area contributed by atoms with Gasteiger partial charge in [-0.15, -0.1) is 0 Å². The molecule has 1 amide bonds. The van der Waals surface area contributed by atoms with Crippen molar-refractivity contribution in [1.82, 2.24) is 0 Å². The van der Waals surface area contributed by atoms with Gasteiger partial charge in [0.1, 0.15) is 0 Å². The number of rotatable bonds is 3. The van der Waals surface area contributed by atoms with Crippen LogP contribution in [-0.4, -0.2) is 12.5 Å². The molecule has 0 aliphatic carbocycles. The third kappa shape index (κ3) is 2.74. The van der Waals surface area contributed by atoms with Crippen molar-refractivity contribution in [2.75, 3.05) is 11.9 Å². The predicted molar refractivity (Wildman–Crippen MR) is 67.7 cm³/mol. The first kappa shape index (κ1) is 13.0. The molecule has 0 bridgehead atoms. The number of carbonyl (C=O) groups is 1. The molecule has 1 rings (SSSR count). The van der Waals surface area contributed by atoms with E-state index < -0.39 is 5.41 Å². The molecule has 0 radical (unpaired) electrons. The highest BCUT2D eigenvalue weighted by molar-refractivity contribution is 6.34. The number of carbonyl (C=O) groups excluding carboxylic acids is 1. The number of para-hydroxylation sites is 1. The van der Waals surface area contributed by atoms with Crippen LogP contribution in [0.15, 0.2) is 18.2 Å². The summed E-state index contributed by atoms with van der Waals surface area (Å²) in [5, 5.41) is 3.36. The second-order valence-corrected chi connectivity index (χ2v) is 4.88. The highest BCUT2D eigenvalue weighted by atomic mass is 35.5. The minimum Gasteiger partial charge on any atom is -0.329 e. The van der Waals surface area contributed by atoms with Crippen molar-refractivity contribution in [1.29, 1.82) is 0 Å². The quantitative estimate of drug-likeness (QED) is 0.853. The topological polar surface area (TPSA) is 55.1 Å². The number of benzene rings is 1. The molecule has 0 atom stereocenters. The summed E-state index contributed by atoms with van der Waals surface area (Å²) >= 11 is 6.02. The molecular formula is C12H17ClN2O. The minimum atomic E-state index is -0.592. The lowest BCUT2D eigenvalue weighted by Gasteiger charge is -2.22. The van der Waals surface area contributed by atoms with E-state index in [4.69, 9.17) is 17.3 Å². The van der Waals surface area contributed by atoms with E-state index in [9.17, 15) is 4.79 Å². The van der Waals surface area contributed by atoms with Gasteiger partial charge in [0.25, 0.3) is 0 Å². The van der Waals surface area contributed by atoms with Crippen molar-refractivity contribution < 1.29 is 4.79 Å². The molecule has 0 aromatic heterocycles. The summed E-state index contributed by atoms with van der Waals surface area (Å²) < 4.78 is 0. The zero-order valence-corrected chi connectivity index (χ0v) is 10.6. The molecule has 0 saturated heterocycles. The second-order valence-electron chi connectivity index (χ2n) is 4.47. The summed E-state index contributed by atoms with van der Waals surface area (Å²) in [4.78, 5) is 11.9. The number of nitrogens with one attached hydrogen (secondary N) is 1. The van der Waals surface area contributed by atoms with Crippen LogP contribution in [0.4, 0.5) is 5.69 Å². The molecule has 1 aromatic carbocycles. The molecule has 88 valence electrons. The first-order valence-electron chi connectivity index (χ1n) is 5.15. The number of hydrogen-bond acceptors (Lipinski definition) is 2. The standard InChI is InChI=1S/C12H17ClN2O/c1-8-5-4-6-9(13)10(8)15-11(16)12(2,3)7-14/h4-6H,7,14H2,1-3H3,(H,15,16). The number of amides is 1.